The number of amides is 3. The van der Waals surface area contributed by atoms with Crippen molar-refractivity contribution in [2.45, 2.75) is 51.3 Å². The minimum Gasteiger partial charge on any atom is -0.393 e. The summed E-state index contributed by atoms with van der Waals surface area (Å²) in [4.78, 5) is 42.6. The zero-order valence-corrected chi connectivity index (χ0v) is 28.9. The molecule has 0 spiro atoms. The van der Waals surface area contributed by atoms with Crippen molar-refractivity contribution < 1.29 is 29.7 Å². The third kappa shape index (κ3) is 5.02. The number of aryl methyl sites for hydroxylation is 2. The molecule has 242 valence electrons. The maximum atomic E-state index is 13.5. The second kappa shape index (κ2) is 12.0. The number of carbonyl (C=O) groups excluding carboxylic acids is 3. The molecule has 45 heavy (non-hydrogen) atoms. The number of piperazine rings is 1. The van der Waals surface area contributed by atoms with Crippen LogP contribution in [-0.2, 0) is 40.1 Å². The first-order chi connectivity index (χ1) is 21.4. The van der Waals surface area contributed by atoms with E-state index in [1.165, 1.54) is 59.2 Å². The van der Waals surface area contributed by atoms with Gasteiger partial charge in [-0.1, -0.05) is 91.7 Å². The van der Waals surface area contributed by atoms with Crippen molar-refractivity contribution in [3.05, 3.63) is 70.8 Å². The van der Waals surface area contributed by atoms with Crippen LogP contribution in [0.4, 0.5) is 0 Å². The van der Waals surface area contributed by atoms with Gasteiger partial charge in [-0.05, 0) is 48.6 Å². The summed E-state index contributed by atoms with van der Waals surface area (Å²) in [5.74, 6) is -0.574. The number of rotatable bonds is 9. The highest BCUT2D eigenvalue weighted by Gasteiger charge is 2.67. The predicted molar refractivity (Wildman–Crippen MR) is 180 cm³/mol. The quantitative estimate of drug-likeness (QED) is 0.334. The van der Waals surface area contributed by atoms with Crippen molar-refractivity contribution in [2.24, 2.45) is 0 Å². The monoisotopic (exact) mass is 690 g/mol. The fourth-order valence-corrected chi connectivity index (χ4v) is 14.1. The minimum absolute atomic E-state index is 0.132. The Labute approximate surface area is 279 Å². The van der Waals surface area contributed by atoms with E-state index in [1.807, 2.05) is 0 Å². The molecule has 10 nitrogen and oxygen atoms in total. The van der Waals surface area contributed by atoms with Crippen LogP contribution in [0.1, 0.15) is 22.3 Å². The molecule has 3 amide bonds. The highest BCUT2D eigenvalue weighted by atomic mass is 33.1. The molecule has 0 radical (unpaired) electrons. The number of aliphatic hydroxyl groups is 3. The van der Waals surface area contributed by atoms with E-state index in [-0.39, 0.29) is 30.9 Å². The Morgan fingerprint density at radius 1 is 0.667 bits per heavy atom. The van der Waals surface area contributed by atoms with Crippen molar-refractivity contribution in [1.29, 1.82) is 0 Å². The number of likely N-dealkylation sites (N-methyl/N-ethyl adjacent to an activating group) is 4. The summed E-state index contributed by atoms with van der Waals surface area (Å²) in [5.41, 5.74) is 4.39. The molecule has 2 aromatic carbocycles. The molecule has 6 aliphatic heterocycles. The van der Waals surface area contributed by atoms with Crippen molar-refractivity contribution in [1.82, 2.24) is 19.6 Å². The summed E-state index contributed by atoms with van der Waals surface area (Å²) in [6.45, 7) is -0.499. The number of carbonyl (C=O) groups is 3. The van der Waals surface area contributed by atoms with Crippen LogP contribution in [0.3, 0.4) is 0 Å². The van der Waals surface area contributed by atoms with E-state index in [2.05, 4.69) is 48.5 Å². The number of hydrogen-bond donors (Lipinski definition) is 3. The Kier molecular flexibility index (Phi) is 8.77. The SMILES string of the molecule is CN1CC2(Cc3ccc(CCc4ccc(CC56SSC(CO)(C(=O)N5C)N(C)C6O)cc4)cc3)SSC(CO)(C1=O)N(C)C2=O. The molecule has 5 atom stereocenters. The van der Waals surface area contributed by atoms with Gasteiger partial charge in [-0.2, -0.15) is 0 Å². The first kappa shape index (κ1) is 33.0. The van der Waals surface area contributed by atoms with E-state index in [0.717, 1.165) is 24.0 Å². The third-order valence-electron chi connectivity index (χ3n) is 9.74. The summed E-state index contributed by atoms with van der Waals surface area (Å²) < 4.78 is -0.816. The van der Waals surface area contributed by atoms with Gasteiger partial charge < -0.3 is 30.0 Å². The molecule has 4 bridgehead atoms. The van der Waals surface area contributed by atoms with Gasteiger partial charge in [0.2, 0.25) is 10.8 Å². The number of nitrogens with zero attached hydrogens (tertiary/aromatic N) is 4. The molecule has 14 heteroatoms. The second-order valence-corrected chi connectivity index (χ2v) is 17.9. The topological polar surface area (TPSA) is 125 Å². The van der Waals surface area contributed by atoms with Gasteiger partial charge in [0.25, 0.3) is 11.8 Å². The van der Waals surface area contributed by atoms with E-state index in [1.54, 1.807) is 42.9 Å². The Bertz CT molecular complexity index is 1500. The van der Waals surface area contributed by atoms with Crippen LogP contribution in [0, 0.1) is 0 Å². The number of aliphatic hydroxyl groups excluding tert-OH is 3. The summed E-state index contributed by atoms with van der Waals surface area (Å²) in [5, 5.41) is 31.2. The van der Waals surface area contributed by atoms with Crippen molar-refractivity contribution in [2.75, 3.05) is 47.9 Å². The maximum Gasteiger partial charge on any atom is 0.262 e. The second-order valence-electron chi connectivity index (χ2n) is 12.4. The Morgan fingerprint density at radius 2 is 1.18 bits per heavy atom. The molecule has 2 aromatic rings. The van der Waals surface area contributed by atoms with Crippen LogP contribution in [0.15, 0.2) is 48.5 Å². The fourth-order valence-electron chi connectivity index (χ4n) is 6.69. The smallest absolute Gasteiger partial charge is 0.262 e. The lowest BCUT2D eigenvalue weighted by Gasteiger charge is -2.62. The van der Waals surface area contributed by atoms with Gasteiger partial charge in [0.15, 0.2) is 4.87 Å². The highest BCUT2D eigenvalue weighted by molar-refractivity contribution is 8.78. The maximum absolute atomic E-state index is 13.5. The first-order valence-corrected chi connectivity index (χ1v) is 19.0. The van der Waals surface area contributed by atoms with Gasteiger partial charge in [0.05, 0.1) is 13.2 Å². The third-order valence-corrected chi connectivity index (χ3v) is 17.3. The molecule has 8 rings (SSSR count). The average molecular weight is 691 g/mol. The highest BCUT2D eigenvalue weighted by Crippen LogP contribution is 2.60. The van der Waals surface area contributed by atoms with Crippen LogP contribution in [-0.4, -0.2) is 126 Å². The minimum atomic E-state index is -1.27. The van der Waals surface area contributed by atoms with E-state index in [0.29, 0.717) is 12.8 Å². The Balaban J connectivity index is 1.08. The van der Waals surface area contributed by atoms with Crippen LogP contribution >= 0.6 is 43.2 Å². The van der Waals surface area contributed by atoms with E-state index in [9.17, 15) is 29.7 Å². The molecule has 3 N–H and O–H groups in total. The zero-order chi connectivity index (χ0) is 32.4. The Hall–Kier alpha value is -1.91. The van der Waals surface area contributed by atoms with Gasteiger partial charge >= 0.3 is 0 Å². The lowest BCUT2D eigenvalue weighted by molar-refractivity contribution is -0.177. The number of hydrogen-bond acceptors (Lipinski definition) is 11. The summed E-state index contributed by atoms with van der Waals surface area (Å²) in [6.07, 6.45) is 1.72. The van der Waals surface area contributed by atoms with Crippen LogP contribution < -0.4 is 0 Å². The van der Waals surface area contributed by atoms with Crippen LogP contribution in [0.25, 0.3) is 0 Å². The lowest BCUT2D eigenvalue weighted by atomic mass is 9.94. The van der Waals surface area contributed by atoms with Crippen molar-refractivity contribution >= 4 is 60.9 Å². The largest absolute Gasteiger partial charge is 0.393 e. The molecule has 6 aliphatic rings. The zero-order valence-electron chi connectivity index (χ0n) is 25.6. The molecule has 0 aromatic heterocycles. The van der Waals surface area contributed by atoms with Gasteiger partial charge in [0, 0.05) is 34.1 Å². The normalized spacial score (nSPS) is 33.4. The molecular weight excluding hydrogens is 653 g/mol. The molecule has 6 heterocycles. The number of benzene rings is 2. The summed E-state index contributed by atoms with van der Waals surface area (Å²) >= 11 is 0. The summed E-state index contributed by atoms with van der Waals surface area (Å²) in [6, 6.07) is 16.6. The van der Waals surface area contributed by atoms with Gasteiger partial charge in [-0.3, -0.25) is 19.3 Å². The van der Waals surface area contributed by atoms with Gasteiger partial charge in [-0.15, -0.1) is 0 Å². The van der Waals surface area contributed by atoms with Crippen LogP contribution in [0.2, 0.25) is 0 Å². The van der Waals surface area contributed by atoms with Gasteiger partial charge in [0.1, 0.15) is 15.8 Å². The molecular formula is C31H38N4O6S4. The van der Waals surface area contributed by atoms with E-state index >= 15 is 0 Å². The predicted octanol–water partition coefficient (Wildman–Crippen LogP) is 1.81. The molecule has 0 aliphatic carbocycles. The molecule has 6 fully saturated rings. The fraction of sp³-hybridized carbons (Fsp3) is 0.516. The summed E-state index contributed by atoms with van der Waals surface area (Å²) in [7, 11) is 12.2. The van der Waals surface area contributed by atoms with E-state index in [4.69, 9.17) is 0 Å². The lowest BCUT2D eigenvalue weighted by Crippen LogP contribution is -2.78. The van der Waals surface area contributed by atoms with E-state index < -0.39 is 32.2 Å². The Morgan fingerprint density at radius 3 is 1.73 bits per heavy atom. The average Bonchev–Trinajstić information content (AvgIpc) is 3.19. The number of fused-ring (bicyclic) bond motifs is 7. The molecule has 0 saturated carbocycles. The first-order valence-electron chi connectivity index (χ1n) is 14.7. The molecule has 6 saturated heterocycles. The van der Waals surface area contributed by atoms with Gasteiger partial charge in [-0.25, -0.2) is 0 Å². The molecule has 5 unspecified atom stereocenters. The van der Waals surface area contributed by atoms with Crippen LogP contribution in [0.5, 0.6) is 0 Å². The van der Waals surface area contributed by atoms with Crippen molar-refractivity contribution in [3.63, 3.8) is 0 Å². The van der Waals surface area contributed by atoms with Crippen molar-refractivity contribution in [3.8, 4) is 0 Å². The standard InChI is InChI=1S/C31H38N4O6S4/c1-32-17-28(24(38)33(2)30(18-36,25(32)39)44-42-28)15-22-11-7-20(8-12-22)5-6-21-9-13-23(14-10-21)16-29-26(40)35(4)31(19-37,45-43-29)27(41)34(29)3/h7-14,26,36-37,40H,5-6,15-19H2,1-4H3.